The highest BCUT2D eigenvalue weighted by atomic mass is 16.5. The molecular weight excluding hydrogens is 286 g/mol. The van der Waals surface area contributed by atoms with Crippen molar-refractivity contribution in [1.82, 2.24) is 4.57 Å². The number of ether oxygens (including phenoxy) is 2. The zero-order chi connectivity index (χ0) is 16.0. The van der Waals surface area contributed by atoms with E-state index in [0.717, 1.165) is 12.8 Å². The number of methoxy groups -OCH3 is 2. The molecule has 0 bridgehead atoms. The van der Waals surface area contributed by atoms with Crippen LogP contribution in [0, 0.1) is 6.92 Å². The second-order valence-electron chi connectivity index (χ2n) is 5.43. The fourth-order valence-electron chi connectivity index (χ4n) is 2.84. The predicted molar refractivity (Wildman–Crippen MR) is 81.3 cm³/mol. The number of pyridine rings is 1. The minimum Gasteiger partial charge on any atom is -0.497 e. The number of hydrogen-bond acceptors (Lipinski definition) is 4. The molecule has 0 unspecified atom stereocenters. The minimum absolute atomic E-state index is 0.0449. The number of hydrogen-bond donors (Lipinski definition) is 1. The average molecular weight is 303 g/mol. The van der Waals surface area contributed by atoms with Crippen LogP contribution in [0.2, 0.25) is 0 Å². The maximum absolute atomic E-state index is 12.6. The summed E-state index contributed by atoms with van der Waals surface area (Å²) in [5, 5.41) is 9.97. The monoisotopic (exact) mass is 303 g/mol. The lowest BCUT2D eigenvalue weighted by Crippen LogP contribution is -2.22. The average Bonchev–Trinajstić information content (AvgIpc) is 3.33. The maximum atomic E-state index is 12.6. The Kier molecular flexibility index (Phi) is 3.31. The highest BCUT2D eigenvalue weighted by Crippen LogP contribution is 2.41. The number of aromatic nitrogens is 1. The third-order valence-corrected chi connectivity index (χ3v) is 4.04. The van der Waals surface area contributed by atoms with Crippen LogP contribution in [0.5, 0.6) is 11.5 Å². The molecule has 22 heavy (non-hydrogen) atoms. The summed E-state index contributed by atoms with van der Waals surface area (Å²) in [6.07, 6.45) is 1.79. The minimum atomic E-state index is -1.10. The molecule has 3 rings (SSSR count). The molecule has 1 aliphatic rings. The van der Waals surface area contributed by atoms with Crippen LogP contribution in [-0.4, -0.2) is 29.9 Å². The normalized spacial score (nSPS) is 14.1. The fourth-order valence-corrected chi connectivity index (χ4v) is 2.84. The molecule has 1 saturated carbocycles. The molecule has 1 aromatic carbocycles. The van der Waals surface area contributed by atoms with Crippen molar-refractivity contribution < 1.29 is 19.4 Å². The number of aromatic carboxylic acids is 1. The van der Waals surface area contributed by atoms with Crippen LogP contribution in [0.3, 0.4) is 0 Å². The van der Waals surface area contributed by atoms with Gasteiger partial charge in [-0.3, -0.25) is 4.79 Å². The Morgan fingerprint density at radius 3 is 2.45 bits per heavy atom. The Morgan fingerprint density at radius 1 is 1.27 bits per heavy atom. The van der Waals surface area contributed by atoms with Crippen LogP contribution in [-0.2, 0) is 0 Å². The number of carboxylic acids is 1. The first-order chi connectivity index (χ1) is 10.5. The van der Waals surface area contributed by atoms with Gasteiger partial charge in [-0.25, -0.2) is 4.79 Å². The molecule has 0 saturated heterocycles. The smallest absolute Gasteiger partial charge is 0.352 e. The van der Waals surface area contributed by atoms with Gasteiger partial charge < -0.3 is 19.1 Å². The van der Waals surface area contributed by atoms with Gasteiger partial charge in [0.1, 0.15) is 17.2 Å². The van der Waals surface area contributed by atoms with Gasteiger partial charge in [0, 0.05) is 17.7 Å². The Bertz CT molecular complexity index is 833. The third-order valence-electron chi connectivity index (χ3n) is 4.04. The SMILES string of the molecule is COc1cc(OC)c2c(c1)c(=O)c(C)c(C(=O)O)n2C1CC1. The first kappa shape index (κ1) is 14.4. The molecule has 116 valence electrons. The topological polar surface area (TPSA) is 77.8 Å². The highest BCUT2D eigenvalue weighted by molar-refractivity contribution is 5.95. The number of nitrogens with zero attached hydrogens (tertiary/aromatic N) is 1. The van der Waals surface area contributed by atoms with Crippen molar-refractivity contribution in [2.45, 2.75) is 25.8 Å². The number of carboxylic acid groups (broad SMARTS) is 1. The van der Waals surface area contributed by atoms with Crippen molar-refractivity contribution >= 4 is 16.9 Å². The van der Waals surface area contributed by atoms with E-state index >= 15 is 0 Å². The lowest BCUT2D eigenvalue weighted by molar-refractivity contribution is 0.0683. The van der Waals surface area contributed by atoms with Gasteiger partial charge in [-0.2, -0.15) is 0 Å². The fraction of sp³-hybridized carbons (Fsp3) is 0.375. The van der Waals surface area contributed by atoms with Crippen molar-refractivity contribution in [3.8, 4) is 11.5 Å². The predicted octanol–water partition coefficient (Wildman–Crippen LogP) is 2.36. The lowest BCUT2D eigenvalue weighted by atomic mass is 10.1. The Labute approximate surface area is 126 Å². The van der Waals surface area contributed by atoms with Crippen molar-refractivity contribution in [2.75, 3.05) is 14.2 Å². The summed E-state index contributed by atoms with van der Waals surface area (Å²) in [4.78, 5) is 24.3. The van der Waals surface area contributed by atoms with Crippen LogP contribution < -0.4 is 14.9 Å². The van der Waals surface area contributed by atoms with Crippen molar-refractivity contribution in [2.24, 2.45) is 0 Å². The van der Waals surface area contributed by atoms with Crippen LogP contribution >= 0.6 is 0 Å². The molecule has 6 nitrogen and oxygen atoms in total. The van der Waals surface area contributed by atoms with Crippen LogP contribution in [0.25, 0.3) is 10.9 Å². The molecule has 6 heteroatoms. The second kappa shape index (κ2) is 5.05. The van der Waals surface area contributed by atoms with Gasteiger partial charge in [0.2, 0.25) is 0 Å². The van der Waals surface area contributed by atoms with E-state index in [-0.39, 0.29) is 22.7 Å². The molecule has 0 aliphatic heterocycles. The third kappa shape index (κ3) is 2.03. The van der Waals surface area contributed by atoms with Crippen LogP contribution in [0.1, 0.15) is 34.9 Å². The number of benzene rings is 1. The standard InChI is InChI=1S/C16H17NO5/c1-8-13(16(19)20)17(9-4-5-9)14-11(15(8)18)6-10(21-2)7-12(14)22-3/h6-7,9H,4-5H2,1-3H3,(H,19,20). The number of fused-ring (bicyclic) bond motifs is 1. The van der Waals surface area contributed by atoms with E-state index in [2.05, 4.69) is 0 Å². The van der Waals surface area contributed by atoms with Crippen LogP contribution in [0.15, 0.2) is 16.9 Å². The molecule has 1 N–H and O–H groups in total. The van der Waals surface area contributed by atoms with Gasteiger partial charge in [0.05, 0.1) is 25.1 Å². The summed E-state index contributed by atoms with van der Waals surface area (Å²) in [7, 11) is 3.01. The van der Waals surface area contributed by atoms with Crippen molar-refractivity contribution in [3.63, 3.8) is 0 Å². The first-order valence-corrected chi connectivity index (χ1v) is 7.03. The molecule has 2 aromatic rings. The van der Waals surface area contributed by atoms with E-state index in [1.807, 2.05) is 0 Å². The molecule has 0 spiro atoms. The van der Waals surface area contributed by atoms with E-state index < -0.39 is 5.97 Å². The van der Waals surface area contributed by atoms with Gasteiger partial charge in [-0.15, -0.1) is 0 Å². The van der Waals surface area contributed by atoms with E-state index in [1.54, 1.807) is 23.6 Å². The summed E-state index contributed by atoms with van der Waals surface area (Å²) in [6.45, 7) is 1.55. The highest BCUT2D eigenvalue weighted by Gasteiger charge is 2.32. The van der Waals surface area contributed by atoms with Crippen molar-refractivity contribution in [1.29, 1.82) is 0 Å². The van der Waals surface area contributed by atoms with E-state index in [0.29, 0.717) is 22.4 Å². The van der Waals surface area contributed by atoms with E-state index in [4.69, 9.17) is 9.47 Å². The number of carbonyl (C=O) groups is 1. The van der Waals surface area contributed by atoms with Gasteiger partial charge in [0.25, 0.3) is 0 Å². The van der Waals surface area contributed by atoms with Gasteiger partial charge >= 0.3 is 5.97 Å². The first-order valence-electron chi connectivity index (χ1n) is 7.03. The molecular formula is C16H17NO5. The lowest BCUT2D eigenvalue weighted by Gasteiger charge is -2.19. The second-order valence-corrected chi connectivity index (χ2v) is 5.43. The molecule has 1 fully saturated rings. The molecule has 0 atom stereocenters. The van der Waals surface area contributed by atoms with E-state index in [1.165, 1.54) is 14.2 Å². The molecule has 0 radical (unpaired) electrons. The summed E-state index contributed by atoms with van der Waals surface area (Å²) in [6, 6.07) is 3.40. The summed E-state index contributed by atoms with van der Waals surface area (Å²) in [5.74, 6) is -0.145. The molecule has 0 amide bonds. The zero-order valence-electron chi connectivity index (χ0n) is 12.7. The van der Waals surface area contributed by atoms with Crippen molar-refractivity contribution in [3.05, 3.63) is 33.6 Å². The zero-order valence-corrected chi connectivity index (χ0v) is 12.7. The van der Waals surface area contributed by atoms with Gasteiger partial charge in [-0.05, 0) is 25.8 Å². The van der Waals surface area contributed by atoms with E-state index in [9.17, 15) is 14.7 Å². The Hall–Kier alpha value is -2.50. The molecule has 1 heterocycles. The molecule has 1 aromatic heterocycles. The molecule has 1 aliphatic carbocycles. The van der Waals surface area contributed by atoms with Gasteiger partial charge in [0.15, 0.2) is 5.43 Å². The Morgan fingerprint density at radius 2 is 1.95 bits per heavy atom. The summed E-state index contributed by atoms with van der Waals surface area (Å²) < 4.78 is 12.3. The Balaban J connectivity index is 2.54. The largest absolute Gasteiger partial charge is 0.497 e. The summed E-state index contributed by atoms with van der Waals surface area (Å²) in [5.41, 5.74) is 0.506. The maximum Gasteiger partial charge on any atom is 0.352 e. The summed E-state index contributed by atoms with van der Waals surface area (Å²) >= 11 is 0. The number of rotatable bonds is 4. The van der Waals surface area contributed by atoms with Crippen LogP contribution in [0.4, 0.5) is 0 Å². The van der Waals surface area contributed by atoms with Gasteiger partial charge in [-0.1, -0.05) is 0 Å². The quantitative estimate of drug-likeness (QED) is 0.938.